The summed E-state index contributed by atoms with van der Waals surface area (Å²) in [4.78, 5) is 58.6. The molecule has 0 saturated heterocycles. The Morgan fingerprint density at radius 2 is 1.73 bits per heavy atom. The number of methoxy groups -OCH3 is 1. The van der Waals surface area contributed by atoms with Crippen molar-refractivity contribution in [3.8, 4) is 0 Å². The van der Waals surface area contributed by atoms with Crippen molar-refractivity contribution in [2.45, 2.75) is 12.5 Å². The van der Waals surface area contributed by atoms with Gasteiger partial charge in [-0.1, -0.05) is 52.3 Å². The van der Waals surface area contributed by atoms with Crippen LogP contribution in [0.15, 0.2) is 71.2 Å². The second-order valence-electron chi connectivity index (χ2n) is 9.81. The summed E-state index contributed by atoms with van der Waals surface area (Å²) in [6, 6.07) is 19.8. The normalized spacial score (nSPS) is 16.6. The number of carbonyl (C=O) groups excluding carboxylic acids is 4. The van der Waals surface area contributed by atoms with Gasteiger partial charge in [0.15, 0.2) is 0 Å². The molecular weight excluding hydrogens is 576 g/mol. The highest BCUT2D eigenvalue weighted by atomic mass is 79.9. The topological polar surface area (TPSA) is 112 Å². The van der Waals surface area contributed by atoms with Gasteiger partial charge in [-0.05, 0) is 47.9 Å². The van der Waals surface area contributed by atoms with E-state index in [1.54, 1.807) is 30.3 Å². The lowest BCUT2D eigenvalue weighted by molar-refractivity contribution is -0.118. The number of hydrogen-bond donors (Lipinski definition) is 2. The zero-order chi connectivity index (χ0) is 28.0. The van der Waals surface area contributed by atoms with E-state index in [1.807, 2.05) is 41.3 Å². The van der Waals surface area contributed by atoms with Crippen LogP contribution in [0.2, 0.25) is 0 Å². The number of halogens is 1. The molecule has 3 amide bonds. The summed E-state index contributed by atoms with van der Waals surface area (Å²) >= 11 is 3.45. The molecule has 3 heterocycles. The molecule has 0 bridgehead atoms. The van der Waals surface area contributed by atoms with Gasteiger partial charge in [0, 0.05) is 28.5 Å². The minimum absolute atomic E-state index is 0.0105. The quantitative estimate of drug-likeness (QED) is 0.248. The molecule has 0 radical (unpaired) electrons. The number of aromatic amines is 1. The van der Waals surface area contributed by atoms with Gasteiger partial charge >= 0.3 is 5.97 Å². The maximum Gasteiger partial charge on any atom is 0.356 e. The maximum absolute atomic E-state index is 13.5. The molecule has 1 aromatic heterocycles. The number of ether oxygens (including phenoxy) is 1. The average Bonchev–Trinajstić information content (AvgIpc) is 3.43. The lowest BCUT2D eigenvalue weighted by atomic mass is 9.92. The SMILES string of the molecule is COC(=O)c1[nH]c2ccc(Br)cc2c1NC(=O)CN1CCc2ccccc2[C@H]1CN1C(=O)c2ccccc2C1=O. The van der Waals surface area contributed by atoms with E-state index in [9.17, 15) is 19.2 Å². The molecule has 0 spiro atoms. The van der Waals surface area contributed by atoms with E-state index in [-0.39, 0.29) is 42.5 Å². The van der Waals surface area contributed by atoms with Crippen molar-refractivity contribution >= 4 is 56.2 Å². The van der Waals surface area contributed by atoms with Gasteiger partial charge in [0.05, 0.1) is 36.5 Å². The molecule has 6 rings (SSSR count). The number of esters is 1. The fourth-order valence-corrected chi connectivity index (χ4v) is 5.96. The number of benzene rings is 3. The van der Waals surface area contributed by atoms with E-state index in [0.717, 1.165) is 22.0 Å². The van der Waals surface area contributed by atoms with E-state index in [2.05, 4.69) is 26.2 Å². The highest BCUT2D eigenvalue weighted by Crippen LogP contribution is 2.34. The number of nitrogens with one attached hydrogen (secondary N) is 2. The first-order valence-electron chi connectivity index (χ1n) is 12.8. The Morgan fingerprint density at radius 1 is 1.02 bits per heavy atom. The summed E-state index contributed by atoms with van der Waals surface area (Å²) in [7, 11) is 1.28. The first-order chi connectivity index (χ1) is 19.4. The van der Waals surface area contributed by atoms with E-state index in [1.165, 1.54) is 12.0 Å². The standard InChI is InChI=1S/C30H25BrN4O5/c1-40-30(39)27-26(22-14-18(31)10-11-23(22)32-27)33-25(36)16-34-13-12-17-6-2-3-7-19(17)24(34)15-35-28(37)20-8-4-5-9-21(20)29(35)38/h2-11,14,24,32H,12-13,15-16H2,1H3,(H,33,36)/t24-/m1/s1. The van der Waals surface area contributed by atoms with Crippen LogP contribution in [-0.2, 0) is 16.0 Å². The number of nitrogens with zero attached hydrogens (tertiary/aromatic N) is 2. The molecular formula is C30H25BrN4O5. The fraction of sp³-hybridized carbons (Fsp3) is 0.200. The lowest BCUT2D eigenvalue weighted by Crippen LogP contribution is -2.46. The Bertz CT molecular complexity index is 1660. The summed E-state index contributed by atoms with van der Waals surface area (Å²) in [6.45, 7) is 0.662. The molecule has 202 valence electrons. The molecule has 9 nitrogen and oxygen atoms in total. The third kappa shape index (κ3) is 4.48. The van der Waals surface area contributed by atoms with E-state index in [4.69, 9.17) is 4.74 Å². The van der Waals surface area contributed by atoms with Gasteiger partial charge in [-0.15, -0.1) is 0 Å². The van der Waals surface area contributed by atoms with Crippen molar-refractivity contribution in [2.75, 3.05) is 32.1 Å². The predicted octanol–water partition coefficient (Wildman–Crippen LogP) is 4.55. The van der Waals surface area contributed by atoms with Crippen LogP contribution >= 0.6 is 15.9 Å². The van der Waals surface area contributed by atoms with Gasteiger partial charge < -0.3 is 15.0 Å². The molecule has 2 N–H and O–H groups in total. The number of hydrogen-bond acceptors (Lipinski definition) is 6. The monoisotopic (exact) mass is 600 g/mol. The van der Waals surface area contributed by atoms with Crippen LogP contribution in [0.1, 0.15) is 48.4 Å². The van der Waals surface area contributed by atoms with Gasteiger partial charge in [-0.25, -0.2) is 4.79 Å². The number of aromatic nitrogens is 1. The molecule has 3 aromatic carbocycles. The summed E-state index contributed by atoms with van der Waals surface area (Å²) in [5, 5.41) is 3.57. The Kier molecular flexibility index (Phi) is 6.73. The van der Waals surface area contributed by atoms with Crippen LogP contribution in [0.4, 0.5) is 5.69 Å². The van der Waals surface area contributed by atoms with Crippen LogP contribution in [0, 0.1) is 0 Å². The second kappa shape index (κ2) is 10.4. The van der Waals surface area contributed by atoms with E-state index in [0.29, 0.717) is 34.3 Å². The van der Waals surface area contributed by atoms with Gasteiger partial charge in [0.1, 0.15) is 5.69 Å². The zero-order valence-corrected chi connectivity index (χ0v) is 23.2. The van der Waals surface area contributed by atoms with Gasteiger partial charge in [0.25, 0.3) is 11.8 Å². The third-order valence-corrected chi connectivity index (χ3v) is 8.01. The van der Waals surface area contributed by atoms with Crippen molar-refractivity contribution in [1.82, 2.24) is 14.8 Å². The molecule has 40 heavy (non-hydrogen) atoms. The molecule has 2 aliphatic heterocycles. The smallest absolute Gasteiger partial charge is 0.356 e. The minimum Gasteiger partial charge on any atom is -0.464 e. The highest BCUT2D eigenvalue weighted by Gasteiger charge is 2.39. The van der Waals surface area contributed by atoms with Crippen LogP contribution in [0.25, 0.3) is 10.9 Å². The molecule has 4 aromatic rings. The molecule has 0 aliphatic carbocycles. The van der Waals surface area contributed by atoms with Crippen molar-refractivity contribution in [3.05, 3.63) is 99.2 Å². The van der Waals surface area contributed by atoms with Crippen molar-refractivity contribution < 1.29 is 23.9 Å². The van der Waals surface area contributed by atoms with E-state index < -0.39 is 5.97 Å². The largest absolute Gasteiger partial charge is 0.464 e. The van der Waals surface area contributed by atoms with Crippen molar-refractivity contribution in [2.24, 2.45) is 0 Å². The highest BCUT2D eigenvalue weighted by molar-refractivity contribution is 9.10. The number of rotatable bonds is 6. The average molecular weight is 601 g/mol. The van der Waals surface area contributed by atoms with Crippen molar-refractivity contribution in [3.63, 3.8) is 0 Å². The Morgan fingerprint density at radius 3 is 2.45 bits per heavy atom. The van der Waals surface area contributed by atoms with Gasteiger partial charge in [-0.2, -0.15) is 0 Å². The number of anilines is 1. The molecule has 0 fully saturated rings. The van der Waals surface area contributed by atoms with Gasteiger partial charge in [0.2, 0.25) is 5.91 Å². The Labute approximate surface area is 238 Å². The van der Waals surface area contributed by atoms with Crippen molar-refractivity contribution in [1.29, 1.82) is 0 Å². The first kappa shape index (κ1) is 26.0. The van der Waals surface area contributed by atoms with Crippen LogP contribution in [0.3, 0.4) is 0 Å². The summed E-state index contributed by atoms with van der Waals surface area (Å²) in [5.41, 5.74) is 4.04. The molecule has 2 aliphatic rings. The molecule has 1 atom stereocenters. The van der Waals surface area contributed by atoms with E-state index >= 15 is 0 Å². The molecule has 0 unspecified atom stereocenters. The molecule has 10 heteroatoms. The maximum atomic E-state index is 13.5. The summed E-state index contributed by atoms with van der Waals surface area (Å²) in [5.74, 6) is -1.60. The fourth-order valence-electron chi connectivity index (χ4n) is 5.60. The predicted molar refractivity (Wildman–Crippen MR) is 152 cm³/mol. The van der Waals surface area contributed by atoms with Crippen LogP contribution in [-0.4, -0.2) is 65.2 Å². The lowest BCUT2D eigenvalue weighted by Gasteiger charge is -2.38. The third-order valence-electron chi connectivity index (χ3n) is 7.52. The van der Waals surface area contributed by atoms with Crippen LogP contribution < -0.4 is 5.32 Å². The second-order valence-corrected chi connectivity index (χ2v) is 10.7. The van der Waals surface area contributed by atoms with Crippen LogP contribution in [0.5, 0.6) is 0 Å². The zero-order valence-electron chi connectivity index (χ0n) is 21.6. The number of imide groups is 1. The number of H-pyrrole nitrogens is 1. The number of carbonyl (C=O) groups is 4. The first-order valence-corrected chi connectivity index (χ1v) is 13.6. The van der Waals surface area contributed by atoms with Gasteiger partial charge in [-0.3, -0.25) is 24.2 Å². The Balaban J connectivity index is 1.29. The number of amides is 3. The summed E-state index contributed by atoms with van der Waals surface area (Å²) in [6.07, 6.45) is 0.718. The minimum atomic E-state index is -0.599. The summed E-state index contributed by atoms with van der Waals surface area (Å²) < 4.78 is 5.72. The number of fused-ring (bicyclic) bond motifs is 3. The molecule has 0 saturated carbocycles. The Hall–Kier alpha value is -4.28.